The number of rotatable bonds is 5. The number of alkyl halides is 3. The number of ether oxygens (including phenoxy) is 1. The van der Waals surface area contributed by atoms with E-state index in [1.54, 1.807) is 36.4 Å². The lowest BCUT2D eigenvalue weighted by atomic mass is 10.1. The molecule has 0 saturated carbocycles. The normalized spacial score (nSPS) is 11.4. The zero-order chi connectivity index (χ0) is 18.7. The molecular weight excluding hydrogens is 367 g/mol. The van der Waals surface area contributed by atoms with E-state index in [0.29, 0.717) is 11.3 Å². The van der Waals surface area contributed by atoms with Gasteiger partial charge in [-0.05, 0) is 41.8 Å². The molecule has 0 saturated heterocycles. The van der Waals surface area contributed by atoms with Crippen LogP contribution in [0.4, 0.5) is 13.2 Å². The van der Waals surface area contributed by atoms with E-state index in [1.807, 2.05) is 5.38 Å². The van der Waals surface area contributed by atoms with Crippen molar-refractivity contribution in [3.05, 3.63) is 64.0 Å². The minimum atomic E-state index is -4.78. The van der Waals surface area contributed by atoms with Gasteiger partial charge in [0.05, 0.1) is 19.2 Å². The molecule has 0 radical (unpaired) electrons. The van der Waals surface area contributed by atoms with Crippen LogP contribution in [-0.4, -0.2) is 13.0 Å². The average molecular weight is 381 g/mol. The van der Waals surface area contributed by atoms with Crippen molar-refractivity contribution in [2.45, 2.75) is 12.7 Å². The quantitative estimate of drug-likeness (QED) is 0.679. The van der Waals surface area contributed by atoms with Crippen LogP contribution in [-0.2, 0) is 12.7 Å². The van der Waals surface area contributed by atoms with E-state index in [0.717, 1.165) is 10.9 Å². The Morgan fingerprint density at radius 1 is 1.23 bits per heavy atom. The molecule has 0 fully saturated rings. The van der Waals surface area contributed by atoms with Crippen LogP contribution in [0.5, 0.6) is 5.75 Å². The van der Waals surface area contributed by atoms with Crippen LogP contribution < -0.4 is 10.1 Å². The first kappa shape index (κ1) is 18.1. The lowest BCUT2D eigenvalue weighted by Gasteiger charge is -2.06. The molecule has 0 atom stereocenters. The van der Waals surface area contributed by atoms with Gasteiger partial charge in [-0.2, -0.15) is 13.2 Å². The van der Waals surface area contributed by atoms with Crippen molar-refractivity contribution < 1.29 is 27.1 Å². The smallest absolute Gasteiger partial charge is 0.450 e. The summed E-state index contributed by atoms with van der Waals surface area (Å²) in [7, 11) is 1.49. The highest BCUT2D eigenvalue weighted by Gasteiger charge is 2.40. The van der Waals surface area contributed by atoms with Gasteiger partial charge in [-0.3, -0.25) is 4.79 Å². The van der Waals surface area contributed by atoms with Crippen molar-refractivity contribution in [2.75, 3.05) is 7.11 Å². The van der Waals surface area contributed by atoms with Gasteiger partial charge in [0, 0.05) is 10.4 Å². The number of hydrogen-bond acceptors (Lipinski definition) is 4. The Morgan fingerprint density at radius 3 is 2.54 bits per heavy atom. The monoisotopic (exact) mass is 381 g/mol. The number of hydrogen-bond donors (Lipinski definition) is 1. The Bertz CT molecular complexity index is 884. The zero-order valence-corrected chi connectivity index (χ0v) is 14.4. The molecule has 1 N–H and O–H groups in total. The van der Waals surface area contributed by atoms with Crippen molar-refractivity contribution in [1.29, 1.82) is 0 Å². The fourth-order valence-electron chi connectivity index (χ4n) is 2.34. The molecule has 0 aliphatic heterocycles. The van der Waals surface area contributed by atoms with Crippen molar-refractivity contribution in [3.63, 3.8) is 0 Å². The maximum absolute atomic E-state index is 13.3. The van der Waals surface area contributed by atoms with E-state index < -0.39 is 23.4 Å². The van der Waals surface area contributed by atoms with E-state index in [4.69, 9.17) is 9.15 Å². The van der Waals surface area contributed by atoms with Crippen molar-refractivity contribution >= 4 is 17.2 Å². The molecule has 2 heterocycles. The van der Waals surface area contributed by atoms with Crippen LogP contribution in [0.3, 0.4) is 0 Å². The third-order valence-electron chi connectivity index (χ3n) is 3.61. The first-order valence-electron chi connectivity index (χ1n) is 7.54. The average Bonchev–Trinajstić information content (AvgIpc) is 3.29. The van der Waals surface area contributed by atoms with Gasteiger partial charge in [-0.1, -0.05) is 6.07 Å². The fraction of sp³-hybridized carbons (Fsp3) is 0.167. The Hall–Kier alpha value is -2.74. The Labute approximate surface area is 151 Å². The summed E-state index contributed by atoms with van der Waals surface area (Å²) >= 11 is 1.40. The molecule has 3 aromatic rings. The number of benzene rings is 1. The fourth-order valence-corrected chi connectivity index (χ4v) is 2.99. The summed E-state index contributed by atoms with van der Waals surface area (Å²) in [5.41, 5.74) is -0.131. The van der Waals surface area contributed by atoms with Gasteiger partial charge in [0.2, 0.25) is 5.76 Å². The number of amides is 1. The number of halogens is 3. The van der Waals surface area contributed by atoms with E-state index in [9.17, 15) is 18.0 Å². The molecule has 0 unspecified atom stereocenters. The number of nitrogens with one attached hydrogen (secondary N) is 1. The topological polar surface area (TPSA) is 51.5 Å². The maximum Gasteiger partial charge on any atom is 0.450 e. The largest absolute Gasteiger partial charge is 0.497 e. The Balaban J connectivity index is 1.89. The molecule has 1 amide bonds. The molecule has 2 aromatic heterocycles. The van der Waals surface area contributed by atoms with Gasteiger partial charge in [0.25, 0.3) is 5.91 Å². The zero-order valence-electron chi connectivity index (χ0n) is 13.6. The van der Waals surface area contributed by atoms with Gasteiger partial charge >= 0.3 is 6.18 Å². The summed E-state index contributed by atoms with van der Waals surface area (Å²) in [4.78, 5) is 13.1. The van der Waals surface area contributed by atoms with Crippen molar-refractivity contribution in [2.24, 2.45) is 0 Å². The number of furan rings is 1. The molecule has 0 aliphatic rings. The number of methoxy groups -OCH3 is 1. The molecule has 26 heavy (non-hydrogen) atoms. The number of carbonyl (C=O) groups is 1. The first-order valence-corrected chi connectivity index (χ1v) is 8.42. The SMILES string of the molecule is COc1ccc(-c2cc(C(=O)NCc3cccs3)c(C(F)(F)F)o2)cc1. The Kier molecular flexibility index (Phi) is 5.03. The summed E-state index contributed by atoms with van der Waals surface area (Å²) < 4.78 is 49.8. The summed E-state index contributed by atoms with van der Waals surface area (Å²) in [6, 6.07) is 11.0. The second kappa shape index (κ2) is 7.25. The highest BCUT2D eigenvalue weighted by molar-refractivity contribution is 7.09. The van der Waals surface area contributed by atoms with E-state index in [2.05, 4.69) is 5.32 Å². The molecule has 0 spiro atoms. The van der Waals surface area contributed by atoms with Gasteiger partial charge < -0.3 is 14.5 Å². The molecule has 136 valence electrons. The molecule has 4 nitrogen and oxygen atoms in total. The van der Waals surface area contributed by atoms with E-state index >= 15 is 0 Å². The van der Waals surface area contributed by atoms with Crippen molar-refractivity contribution in [3.8, 4) is 17.1 Å². The minimum absolute atomic E-state index is 0.0405. The summed E-state index contributed by atoms with van der Waals surface area (Å²) in [5.74, 6) is -1.63. The first-order chi connectivity index (χ1) is 12.4. The summed E-state index contributed by atoms with van der Waals surface area (Å²) in [6.45, 7) is 0.150. The van der Waals surface area contributed by atoms with Crippen LogP contribution in [0.1, 0.15) is 21.0 Å². The van der Waals surface area contributed by atoms with Gasteiger partial charge in [0.15, 0.2) is 0 Å². The molecule has 0 aliphatic carbocycles. The molecule has 0 bridgehead atoms. The lowest BCUT2D eigenvalue weighted by molar-refractivity contribution is -0.153. The van der Waals surface area contributed by atoms with Crippen LogP contribution >= 0.6 is 11.3 Å². The van der Waals surface area contributed by atoms with E-state index in [-0.39, 0.29) is 12.3 Å². The van der Waals surface area contributed by atoms with Crippen LogP contribution in [0.2, 0.25) is 0 Å². The summed E-state index contributed by atoms with van der Waals surface area (Å²) in [6.07, 6.45) is -4.78. The number of thiophene rings is 1. The molecule has 3 rings (SSSR count). The summed E-state index contributed by atoms with van der Waals surface area (Å²) in [5, 5.41) is 4.31. The molecule has 1 aromatic carbocycles. The standard InChI is InChI=1S/C18H14F3NO3S/c1-24-12-6-4-11(5-7-12)15-9-14(16(25-15)18(19,20)21)17(23)22-10-13-3-2-8-26-13/h2-9H,10H2,1H3,(H,22,23). The number of carbonyl (C=O) groups excluding carboxylic acids is 1. The van der Waals surface area contributed by atoms with Gasteiger partial charge in [0.1, 0.15) is 11.5 Å². The Morgan fingerprint density at radius 2 is 1.96 bits per heavy atom. The second-order valence-corrected chi connectivity index (χ2v) is 6.37. The van der Waals surface area contributed by atoms with Crippen molar-refractivity contribution in [1.82, 2.24) is 5.32 Å². The van der Waals surface area contributed by atoms with Gasteiger partial charge in [-0.25, -0.2) is 0 Å². The van der Waals surface area contributed by atoms with E-state index in [1.165, 1.54) is 18.4 Å². The van der Waals surface area contributed by atoms with Gasteiger partial charge in [-0.15, -0.1) is 11.3 Å². The third-order valence-corrected chi connectivity index (χ3v) is 4.49. The second-order valence-electron chi connectivity index (χ2n) is 5.34. The third kappa shape index (κ3) is 3.91. The lowest BCUT2D eigenvalue weighted by Crippen LogP contribution is -2.24. The van der Waals surface area contributed by atoms with Crippen LogP contribution in [0.15, 0.2) is 52.3 Å². The highest BCUT2D eigenvalue weighted by Crippen LogP contribution is 2.37. The predicted molar refractivity (Wildman–Crippen MR) is 91.2 cm³/mol. The molecular formula is C18H14F3NO3S. The van der Waals surface area contributed by atoms with Crippen LogP contribution in [0, 0.1) is 0 Å². The highest BCUT2D eigenvalue weighted by atomic mass is 32.1. The maximum atomic E-state index is 13.3. The predicted octanol–water partition coefficient (Wildman–Crippen LogP) is 4.97. The van der Waals surface area contributed by atoms with Crippen LogP contribution in [0.25, 0.3) is 11.3 Å². The molecule has 8 heteroatoms. The minimum Gasteiger partial charge on any atom is -0.497 e.